The number of ether oxygens (including phenoxy) is 1. The van der Waals surface area contributed by atoms with E-state index in [1.54, 1.807) is 18.2 Å². The number of hydrogen-bond acceptors (Lipinski definition) is 5. The number of nitrogens with zero attached hydrogens (tertiary/aromatic N) is 2. The molecule has 6 nitrogen and oxygen atoms in total. The summed E-state index contributed by atoms with van der Waals surface area (Å²) >= 11 is 0. The summed E-state index contributed by atoms with van der Waals surface area (Å²) in [6.45, 7) is 7.30. The molecule has 1 amide bonds. The molecule has 2 heterocycles. The number of hydrogen-bond donors (Lipinski definition) is 2. The van der Waals surface area contributed by atoms with E-state index in [1.807, 2.05) is 0 Å². The maximum atomic E-state index is 13.7. The fourth-order valence-electron chi connectivity index (χ4n) is 3.38. The molecule has 0 radical (unpaired) electrons. The topological polar surface area (TPSA) is 76.1 Å². The van der Waals surface area contributed by atoms with Crippen LogP contribution in [0.2, 0.25) is 0 Å². The molecular weight excluding hydrogens is 476 g/mol. The van der Waals surface area contributed by atoms with Crippen molar-refractivity contribution in [2.24, 2.45) is 0 Å². The SMILES string of the molecule is C=CCCc1nc(OC)ccc1NC(=O)c1cc(C(F)(F)F)ncc1Nc1ccc(F)cc1CC=C. The van der Waals surface area contributed by atoms with Crippen LogP contribution in [0, 0.1) is 5.82 Å². The van der Waals surface area contributed by atoms with Crippen LogP contribution in [0.1, 0.15) is 33.7 Å². The largest absolute Gasteiger partial charge is 0.481 e. The van der Waals surface area contributed by atoms with E-state index in [4.69, 9.17) is 4.74 Å². The molecule has 1 aromatic carbocycles. The van der Waals surface area contributed by atoms with Crippen molar-refractivity contribution in [3.63, 3.8) is 0 Å². The normalized spacial score (nSPS) is 11.0. The summed E-state index contributed by atoms with van der Waals surface area (Å²) in [5.74, 6) is -0.978. The van der Waals surface area contributed by atoms with E-state index in [1.165, 1.54) is 31.4 Å². The Balaban J connectivity index is 2.03. The maximum Gasteiger partial charge on any atom is 0.433 e. The zero-order valence-electron chi connectivity index (χ0n) is 19.5. The Kier molecular flexibility index (Phi) is 8.42. The molecule has 0 fully saturated rings. The number of carbonyl (C=O) groups is 1. The Labute approximate surface area is 205 Å². The fraction of sp³-hybridized carbons (Fsp3) is 0.192. The van der Waals surface area contributed by atoms with Crippen LogP contribution in [-0.2, 0) is 19.0 Å². The van der Waals surface area contributed by atoms with E-state index in [0.717, 1.165) is 6.20 Å². The number of amides is 1. The number of aryl methyl sites for hydroxylation is 1. The number of aromatic nitrogens is 2. The first-order valence-corrected chi connectivity index (χ1v) is 10.9. The molecule has 0 spiro atoms. The smallest absolute Gasteiger partial charge is 0.433 e. The summed E-state index contributed by atoms with van der Waals surface area (Å²) in [6.07, 6.45) is 0.653. The third-order valence-corrected chi connectivity index (χ3v) is 5.13. The van der Waals surface area contributed by atoms with Crippen molar-refractivity contribution in [3.05, 3.63) is 96.2 Å². The second kappa shape index (κ2) is 11.5. The van der Waals surface area contributed by atoms with Crippen LogP contribution in [0.5, 0.6) is 5.88 Å². The van der Waals surface area contributed by atoms with Crippen molar-refractivity contribution in [2.45, 2.75) is 25.4 Å². The average molecular weight is 500 g/mol. The molecule has 0 aliphatic heterocycles. The van der Waals surface area contributed by atoms with Gasteiger partial charge in [0.15, 0.2) is 0 Å². The Bertz CT molecular complexity index is 1280. The van der Waals surface area contributed by atoms with Gasteiger partial charge in [0.05, 0.1) is 35.9 Å². The molecule has 3 aromatic rings. The highest BCUT2D eigenvalue weighted by molar-refractivity contribution is 6.08. The van der Waals surface area contributed by atoms with Crippen LogP contribution in [0.4, 0.5) is 34.6 Å². The summed E-state index contributed by atoms with van der Waals surface area (Å²) in [5, 5.41) is 5.55. The molecule has 188 valence electrons. The van der Waals surface area contributed by atoms with E-state index in [9.17, 15) is 22.4 Å². The first kappa shape index (κ1) is 26.4. The van der Waals surface area contributed by atoms with Crippen molar-refractivity contribution >= 4 is 23.0 Å². The molecule has 0 aliphatic rings. The molecule has 0 aliphatic carbocycles. The third kappa shape index (κ3) is 6.47. The fourth-order valence-corrected chi connectivity index (χ4v) is 3.38. The lowest BCUT2D eigenvalue weighted by Crippen LogP contribution is -2.18. The highest BCUT2D eigenvalue weighted by atomic mass is 19.4. The van der Waals surface area contributed by atoms with Gasteiger partial charge in [0.1, 0.15) is 11.5 Å². The highest BCUT2D eigenvalue weighted by Crippen LogP contribution is 2.32. The molecule has 0 saturated heterocycles. The zero-order valence-corrected chi connectivity index (χ0v) is 19.5. The molecule has 0 unspecified atom stereocenters. The van der Waals surface area contributed by atoms with Gasteiger partial charge in [0.25, 0.3) is 5.91 Å². The number of alkyl halides is 3. The number of methoxy groups -OCH3 is 1. The van der Waals surface area contributed by atoms with Crippen molar-refractivity contribution in [1.82, 2.24) is 9.97 Å². The molecule has 2 N–H and O–H groups in total. The third-order valence-electron chi connectivity index (χ3n) is 5.13. The number of rotatable bonds is 10. The predicted octanol–water partition coefficient (Wildman–Crippen LogP) is 6.49. The molecule has 36 heavy (non-hydrogen) atoms. The summed E-state index contributed by atoms with van der Waals surface area (Å²) in [7, 11) is 1.45. The lowest BCUT2D eigenvalue weighted by molar-refractivity contribution is -0.141. The Hall–Kier alpha value is -4.21. The standard InChI is InChI=1S/C26H24F4N4O2/c1-4-6-8-20-21(11-12-24(33-20)36-3)34-25(35)18-14-23(26(28,29)30)31-15-22(18)32-19-10-9-17(27)13-16(19)7-5-2/h4-5,9-15,32H,1-2,6-8H2,3H3,(H,34,35). The van der Waals surface area contributed by atoms with Crippen LogP contribution in [0.15, 0.2) is 67.9 Å². The van der Waals surface area contributed by atoms with Gasteiger partial charge >= 0.3 is 6.18 Å². The van der Waals surface area contributed by atoms with Gasteiger partial charge in [-0.05, 0) is 55.2 Å². The number of anilines is 3. The molecule has 10 heteroatoms. The zero-order chi connectivity index (χ0) is 26.3. The first-order valence-electron chi connectivity index (χ1n) is 10.9. The first-order chi connectivity index (χ1) is 17.2. The molecule has 3 rings (SSSR count). The number of halogens is 4. The van der Waals surface area contributed by atoms with Gasteiger partial charge in [-0.2, -0.15) is 13.2 Å². The van der Waals surface area contributed by atoms with E-state index < -0.39 is 23.6 Å². The van der Waals surface area contributed by atoms with Gasteiger partial charge in [-0.15, -0.1) is 13.2 Å². The van der Waals surface area contributed by atoms with Crippen LogP contribution >= 0.6 is 0 Å². The Morgan fingerprint density at radius 2 is 1.83 bits per heavy atom. The van der Waals surface area contributed by atoms with Crippen molar-refractivity contribution in [2.75, 3.05) is 17.7 Å². The predicted molar refractivity (Wildman–Crippen MR) is 130 cm³/mol. The van der Waals surface area contributed by atoms with Crippen LogP contribution in [0.3, 0.4) is 0 Å². The lowest BCUT2D eigenvalue weighted by Gasteiger charge is -2.17. The van der Waals surface area contributed by atoms with Crippen molar-refractivity contribution in [1.29, 1.82) is 0 Å². The van der Waals surface area contributed by atoms with Gasteiger partial charge < -0.3 is 15.4 Å². The second-order valence-electron chi connectivity index (χ2n) is 7.66. The number of pyridine rings is 2. The Morgan fingerprint density at radius 3 is 2.50 bits per heavy atom. The summed E-state index contributed by atoms with van der Waals surface area (Å²) in [4.78, 5) is 21.0. The number of nitrogens with one attached hydrogen (secondary N) is 2. The van der Waals surface area contributed by atoms with E-state index in [0.29, 0.717) is 53.8 Å². The molecule has 2 aromatic heterocycles. The van der Waals surface area contributed by atoms with Crippen LogP contribution in [-0.4, -0.2) is 23.0 Å². The minimum absolute atomic E-state index is 0.00605. The Morgan fingerprint density at radius 1 is 1.08 bits per heavy atom. The van der Waals surface area contributed by atoms with Crippen molar-refractivity contribution < 1.29 is 27.1 Å². The maximum absolute atomic E-state index is 13.7. The van der Waals surface area contributed by atoms with E-state index in [2.05, 4.69) is 33.8 Å². The van der Waals surface area contributed by atoms with Gasteiger partial charge in [-0.3, -0.25) is 4.79 Å². The number of carbonyl (C=O) groups excluding carboxylic acids is 1. The summed E-state index contributed by atoms with van der Waals surface area (Å²) in [5.41, 5.74) is 0.153. The van der Waals surface area contributed by atoms with Crippen molar-refractivity contribution in [3.8, 4) is 5.88 Å². The average Bonchev–Trinajstić information content (AvgIpc) is 2.84. The monoisotopic (exact) mass is 500 g/mol. The summed E-state index contributed by atoms with van der Waals surface area (Å²) in [6, 6.07) is 7.64. The molecule has 0 bridgehead atoms. The molecule has 0 atom stereocenters. The van der Waals surface area contributed by atoms with Gasteiger partial charge in [-0.1, -0.05) is 12.2 Å². The second-order valence-corrected chi connectivity index (χ2v) is 7.66. The molecule has 0 saturated carbocycles. The van der Waals surface area contributed by atoms with Gasteiger partial charge in [-0.25, -0.2) is 14.4 Å². The highest BCUT2D eigenvalue weighted by Gasteiger charge is 2.34. The van der Waals surface area contributed by atoms with Crippen LogP contribution < -0.4 is 15.4 Å². The lowest BCUT2D eigenvalue weighted by atomic mass is 10.1. The number of allylic oxidation sites excluding steroid dienone is 2. The van der Waals surface area contributed by atoms with E-state index in [-0.39, 0.29) is 11.3 Å². The quantitative estimate of drug-likeness (QED) is 0.246. The minimum atomic E-state index is -4.77. The van der Waals surface area contributed by atoms with E-state index >= 15 is 0 Å². The molecular formula is C26H24F4N4O2. The summed E-state index contributed by atoms with van der Waals surface area (Å²) < 4.78 is 59.1. The van der Waals surface area contributed by atoms with Crippen LogP contribution in [0.25, 0.3) is 0 Å². The van der Waals surface area contributed by atoms with Gasteiger partial charge in [0, 0.05) is 11.8 Å². The number of benzene rings is 1. The van der Waals surface area contributed by atoms with Gasteiger partial charge in [0.2, 0.25) is 5.88 Å². The minimum Gasteiger partial charge on any atom is -0.481 e.